The second-order valence-electron chi connectivity index (χ2n) is 7.74. The van der Waals surface area contributed by atoms with Gasteiger partial charge in [0.2, 0.25) is 5.91 Å². The van der Waals surface area contributed by atoms with Crippen molar-refractivity contribution in [1.29, 1.82) is 0 Å². The van der Waals surface area contributed by atoms with Crippen molar-refractivity contribution < 1.29 is 19.1 Å². The van der Waals surface area contributed by atoms with Crippen LogP contribution < -0.4 is 4.74 Å². The zero-order chi connectivity index (χ0) is 22.7. The Labute approximate surface area is 191 Å². The maximum atomic E-state index is 13.4. The molecule has 0 unspecified atom stereocenters. The molecule has 1 aliphatic heterocycles. The zero-order valence-electron chi connectivity index (χ0n) is 18.0. The number of methoxy groups -OCH3 is 1. The molecule has 1 aliphatic rings. The number of nitrogens with zero attached hydrogens (tertiary/aromatic N) is 2. The van der Waals surface area contributed by atoms with E-state index in [1.54, 1.807) is 47.6 Å². The van der Waals surface area contributed by atoms with Gasteiger partial charge in [-0.15, -0.1) is 11.3 Å². The van der Waals surface area contributed by atoms with Gasteiger partial charge in [-0.1, -0.05) is 30.3 Å². The first-order chi connectivity index (χ1) is 15.5. The number of amides is 3. The molecule has 1 atom stereocenters. The summed E-state index contributed by atoms with van der Waals surface area (Å²) < 4.78 is 5.22. The molecule has 32 heavy (non-hydrogen) atoms. The van der Waals surface area contributed by atoms with Crippen LogP contribution in [0.25, 0.3) is 0 Å². The molecule has 0 radical (unpaired) electrons. The second kappa shape index (κ2) is 9.36. The van der Waals surface area contributed by atoms with Crippen molar-refractivity contribution in [2.24, 2.45) is 0 Å². The van der Waals surface area contributed by atoms with Crippen molar-refractivity contribution in [2.45, 2.75) is 25.9 Å². The molecule has 0 saturated heterocycles. The van der Waals surface area contributed by atoms with E-state index >= 15 is 0 Å². The molecule has 164 valence electrons. The number of rotatable bonds is 8. The Morgan fingerprint density at radius 1 is 1.00 bits per heavy atom. The Kier molecular flexibility index (Phi) is 6.37. The minimum Gasteiger partial charge on any atom is -0.497 e. The topological polar surface area (TPSA) is 66.9 Å². The average Bonchev–Trinajstić information content (AvgIpc) is 3.40. The summed E-state index contributed by atoms with van der Waals surface area (Å²) in [5, 5.41) is 2.01. The van der Waals surface area contributed by atoms with E-state index in [9.17, 15) is 14.4 Å². The average molecular weight is 449 g/mol. The van der Waals surface area contributed by atoms with Gasteiger partial charge >= 0.3 is 0 Å². The van der Waals surface area contributed by atoms with Gasteiger partial charge in [-0.05, 0) is 48.2 Å². The van der Waals surface area contributed by atoms with Gasteiger partial charge in [0.25, 0.3) is 11.8 Å². The second-order valence-corrected chi connectivity index (χ2v) is 8.78. The maximum absolute atomic E-state index is 13.4. The lowest BCUT2D eigenvalue weighted by Crippen LogP contribution is -2.46. The molecule has 2 aromatic carbocycles. The molecule has 4 rings (SSSR count). The Bertz CT molecular complexity index is 1090. The summed E-state index contributed by atoms with van der Waals surface area (Å²) in [6.07, 6.45) is 0.696. The summed E-state index contributed by atoms with van der Waals surface area (Å²) in [6, 6.07) is 18.1. The van der Waals surface area contributed by atoms with Crippen LogP contribution in [0.15, 0.2) is 66.0 Å². The van der Waals surface area contributed by atoms with Gasteiger partial charge in [0.15, 0.2) is 0 Å². The largest absolute Gasteiger partial charge is 0.497 e. The highest BCUT2D eigenvalue weighted by Gasteiger charge is 2.37. The van der Waals surface area contributed by atoms with Gasteiger partial charge in [-0.25, -0.2) is 0 Å². The van der Waals surface area contributed by atoms with Crippen LogP contribution in [0.3, 0.4) is 0 Å². The fourth-order valence-electron chi connectivity index (χ4n) is 3.86. The molecule has 0 spiro atoms. The number of carbonyl (C=O) groups is 3. The van der Waals surface area contributed by atoms with E-state index in [0.29, 0.717) is 24.1 Å². The summed E-state index contributed by atoms with van der Waals surface area (Å²) in [7, 11) is 1.61. The van der Waals surface area contributed by atoms with E-state index in [0.717, 1.165) is 16.2 Å². The highest BCUT2D eigenvalue weighted by atomic mass is 32.1. The highest BCUT2D eigenvalue weighted by Crippen LogP contribution is 2.24. The molecule has 0 bridgehead atoms. The standard InChI is InChI=1S/C25H24N2O4S/c1-17(14-20-6-5-13-32-20)26(15-18-9-11-19(31-2)12-10-18)23(28)16-27-24(29)21-7-3-4-8-22(21)25(27)30/h3-13,17H,14-16H2,1-2H3/t17-/m0/s1. The van der Waals surface area contributed by atoms with Crippen LogP contribution in [0, 0.1) is 0 Å². The Hall–Kier alpha value is -3.45. The summed E-state index contributed by atoms with van der Waals surface area (Å²) >= 11 is 1.64. The van der Waals surface area contributed by atoms with Crippen LogP contribution in [-0.2, 0) is 17.8 Å². The predicted molar refractivity (Wildman–Crippen MR) is 123 cm³/mol. The molecule has 3 aromatic rings. The van der Waals surface area contributed by atoms with Gasteiger partial charge in [0.05, 0.1) is 18.2 Å². The predicted octanol–water partition coefficient (Wildman–Crippen LogP) is 4.01. The Morgan fingerprint density at radius 3 is 2.22 bits per heavy atom. The quantitative estimate of drug-likeness (QED) is 0.489. The first-order valence-electron chi connectivity index (χ1n) is 10.4. The smallest absolute Gasteiger partial charge is 0.262 e. The van der Waals surface area contributed by atoms with Gasteiger partial charge in [0.1, 0.15) is 12.3 Å². The van der Waals surface area contributed by atoms with Crippen LogP contribution in [-0.4, -0.2) is 47.2 Å². The van der Waals surface area contributed by atoms with Crippen molar-refractivity contribution in [2.75, 3.05) is 13.7 Å². The molecule has 2 heterocycles. The van der Waals surface area contributed by atoms with E-state index in [4.69, 9.17) is 4.74 Å². The summed E-state index contributed by atoms with van der Waals surface area (Å²) in [5.41, 5.74) is 1.64. The summed E-state index contributed by atoms with van der Waals surface area (Å²) in [5.74, 6) is -0.368. The number of hydrogen-bond acceptors (Lipinski definition) is 5. The van der Waals surface area contributed by atoms with E-state index in [1.807, 2.05) is 48.7 Å². The van der Waals surface area contributed by atoms with Gasteiger partial charge in [-0.2, -0.15) is 0 Å². The summed E-state index contributed by atoms with van der Waals surface area (Å²) in [4.78, 5) is 42.8. The summed E-state index contributed by atoms with van der Waals surface area (Å²) in [6.45, 7) is 2.08. The van der Waals surface area contributed by atoms with Crippen molar-refractivity contribution in [3.05, 3.63) is 87.6 Å². The molecule has 1 aromatic heterocycles. The van der Waals surface area contributed by atoms with E-state index < -0.39 is 11.8 Å². The van der Waals surface area contributed by atoms with Gasteiger partial charge in [-0.3, -0.25) is 19.3 Å². The molecular weight excluding hydrogens is 424 g/mol. The molecule has 3 amide bonds. The molecule has 0 N–H and O–H groups in total. The lowest BCUT2D eigenvalue weighted by molar-refractivity contribution is -0.134. The van der Waals surface area contributed by atoms with Crippen molar-refractivity contribution in [3.63, 3.8) is 0 Å². The third kappa shape index (κ3) is 4.43. The molecular formula is C25H24N2O4S. The number of carbonyl (C=O) groups excluding carboxylic acids is 3. The van der Waals surface area contributed by atoms with Crippen molar-refractivity contribution in [1.82, 2.24) is 9.80 Å². The third-order valence-corrected chi connectivity index (χ3v) is 6.51. The molecule has 0 saturated carbocycles. The molecule has 6 nitrogen and oxygen atoms in total. The van der Waals surface area contributed by atoms with Gasteiger partial charge in [0, 0.05) is 23.9 Å². The zero-order valence-corrected chi connectivity index (χ0v) is 18.8. The van der Waals surface area contributed by atoms with Crippen molar-refractivity contribution in [3.8, 4) is 5.75 Å². The number of hydrogen-bond donors (Lipinski definition) is 0. The lowest BCUT2D eigenvalue weighted by Gasteiger charge is -2.30. The highest BCUT2D eigenvalue weighted by molar-refractivity contribution is 7.09. The van der Waals surface area contributed by atoms with E-state index in [2.05, 4.69) is 0 Å². The molecule has 0 aliphatic carbocycles. The number of fused-ring (bicyclic) bond motifs is 1. The van der Waals surface area contributed by atoms with Crippen LogP contribution in [0.4, 0.5) is 0 Å². The van der Waals surface area contributed by atoms with Crippen LogP contribution >= 0.6 is 11.3 Å². The van der Waals surface area contributed by atoms with Crippen molar-refractivity contribution >= 4 is 29.1 Å². The van der Waals surface area contributed by atoms with Crippen LogP contribution in [0.1, 0.15) is 38.1 Å². The SMILES string of the molecule is COc1ccc(CN(C(=O)CN2C(=O)c3ccccc3C2=O)[C@@H](C)Cc2cccs2)cc1. The van der Waals surface area contributed by atoms with Gasteiger partial charge < -0.3 is 9.64 Å². The Morgan fingerprint density at radius 2 is 1.66 bits per heavy atom. The fraction of sp³-hybridized carbons (Fsp3) is 0.240. The minimum absolute atomic E-state index is 0.113. The van der Waals surface area contributed by atoms with E-state index in [1.165, 1.54) is 4.88 Å². The number of thiophene rings is 1. The maximum Gasteiger partial charge on any atom is 0.262 e. The normalized spacial score (nSPS) is 13.8. The molecule has 0 fully saturated rings. The minimum atomic E-state index is -0.422. The third-order valence-electron chi connectivity index (χ3n) is 5.61. The van der Waals surface area contributed by atoms with Crippen LogP contribution in [0.2, 0.25) is 0 Å². The monoisotopic (exact) mass is 448 g/mol. The fourth-order valence-corrected chi connectivity index (χ4v) is 4.68. The Balaban J connectivity index is 1.55. The number of benzene rings is 2. The lowest BCUT2D eigenvalue weighted by atomic mass is 10.1. The van der Waals surface area contributed by atoms with Crippen LogP contribution in [0.5, 0.6) is 5.75 Å². The van der Waals surface area contributed by atoms with E-state index in [-0.39, 0.29) is 18.5 Å². The first-order valence-corrected chi connectivity index (χ1v) is 11.3. The molecule has 7 heteroatoms. The first kappa shape index (κ1) is 21.8. The number of imide groups is 1. The number of ether oxygens (including phenoxy) is 1.